The van der Waals surface area contributed by atoms with Crippen LogP contribution in [0.25, 0.3) is 11.5 Å². The Kier molecular flexibility index (Phi) is 5.63. The number of benzene rings is 1. The van der Waals surface area contributed by atoms with Gasteiger partial charge in [0.2, 0.25) is 5.91 Å². The molecule has 3 aromatic rings. The van der Waals surface area contributed by atoms with Crippen LogP contribution in [-0.4, -0.2) is 15.7 Å². The summed E-state index contributed by atoms with van der Waals surface area (Å²) in [5.74, 6) is 0.536. The lowest BCUT2D eigenvalue weighted by molar-refractivity contribution is -0.116. The lowest BCUT2D eigenvalue weighted by Gasteiger charge is -2.10. The van der Waals surface area contributed by atoms with E-state index in [4.69, 9.17) is 4.42 Å². The fourth-order valence-electron chi connectivity index (χ4n) is 2.72. The van der Waals surface area contributed by atoms with Gasteiger partial charge in [0, 0.05) is 24.7 Å². The van der Waals surface area contributed by atoms with E-state index in [1.54, 1.807) is 24.5 Å². The molecule has 6 nitrogen and oxygen atoms in total. The van der Waals surface area contributed by atoms with Crippen LogP contribution in [-0.2, 0) is 17.8 Å². The number of nitrogens with one attached hydrogen (secondary N) is 1. The first-order chi connectivity index (χ1) is 12.7. The highest BCUT2D eigenvalue weighted by Crippen LogP contribution is 2.16. The number of carbonyl (C=O) groups is 1. The van der Waals surface area contributed by atoms with Crippen molar-refractivity contribution in [2.24, 2.45) is 0 Å². The molecule has 6 heteroatoms. The van der Waals surface area contributed by atoms with Gasteiger partial charge in [-0.15, -0.1) is 0 Å². The van der Waals surface area contributed by atoms with Crippen molar-refractivity contribution >= 4 is 11.6 Å². The summed E-state index contributed by atoms with van der Waals surface area (Å²) in [6.07, 6.45) is 3.26. The van der Waals surface area contributed by atoms with E-state index in [0.29, 0.717) is 30.8 Å². The molecule has 0 bridgehead atoms. The predicted octanol–water partition coefficient (Wildman–Crippen LogP) is 3.48. The van der Waals surface area contributed by atoms with E-state index in [9.17, 15) is 9.59 Å². The van der Waals surface area contributed by atoms with E-state index in [1.165, 1.54) is 10.7 Å². The van der Waals surface area contributed by atoms with Gasteiger partial charge in [-0.2, -0.15) is 5.10 Å². The fraction of sp³-hybridized carbons (Fsp3) is 0.250. The average molecular weight is 351 g/mol. The van der Waals surface area contributed by atoms with E-state index < -0.39 is 0 Å². The third kappa shape index (κ3) is 4.27. The van der Waals surface area contributed by atoms with Gasteiger partial charge in [-0.25, -0.2) is 4.68 Å². The first-order valence-electron chi connectivity index (χ1n) is 8.67. The molecule has 0 aliphatic heterocycles. The van der Waals surface area contributed by atoms with Crippen molar-refractivity contribution in [2.45, 2.75) is 32.7 Å². The largest absolute Gasteiger partial charge is 0.463 e. The normalized spacial score (nSPS) is 10.7. The molecule has 2 aromatic heterocycles. The summed E-state index contributed by atoms with van der Waals surface area (Å²) in [6, 6.07) is 14.4. The molecule has 0 spiro atoms. The first kappa shape index (κ1) is 17.7. The van der Waals surface area contributed by atoms with Crippen LogP contribution in [0.3, 0.4) is 0 Å². The predicted molar refractivity (Wildman–Crippen MR) is 99.9 cm³/mol. The van der Waals surface area contributed by atoms with Crippen molar-refractivity contribution in [1.82, 2.24) is 9.78 Å². The molecular weight excluding hydrogens is 330 g/mol. The number of furan rings is 1. The summed E-state index contributed by atoms with van der Waals surface area (Å²) in [6.45, 7) is 2.42. The minimum Gasteiger partial charge on any atom is -0.463 e. The molecule has 0 aliphatic rings. The number of rotatable bonds is 7. The van der Waals surface area contributed by atoms with Crippen LogP contribution in [0.1, 0.15) is 25.3 Å². The fourth-order valence-corrected chi connectivity index (χ4v) is 2.72. The Morgan fingerprint density at radius 2 is 2.00 bits per heavy atom. The molecule has 0 aliphatic carbocycles. The zero-order valence-corrected chi connectivity index (χ0v) is 14.6. The summed E-state index contributed by atoms with van der Waals surface area (Å²) in [5, 5.41) is 7.24. The smallest absolute Gasteiger partial charge is 0.266 e. The van der Waals surface area contributed by atoms with Crippen LogP contribution in [0.15, 0.2) is 64.0 Å². The van der Waals surface area contributed by atoms with Gasteiger partial charge in [0.15, 0.2) is 5.76 Å². The maximum Gasteiger partial charge on any atom is 0.266 e. The van der Waals surface area contributed by atoms with Crippen molar-refractivity contribution in [3.8, 4) is 11.5 Å². The number of hydrogen-bond donors (Lipinski definition) is 1. The third-order valence-electron chi connectivity index (χ3n) is 4.09. The molecule has 0 saturated carbocycles. The summed E-state index contributed by atoms with van der Waals surface area (Å²) in [7, 11) is 0. The number of carbonyl (C=O) groups excluding carboxylic acids is 1. The van der Waals surface area contributed by atoms with Gasteiger partial charge in [-0.1, -0.05) is 25.1 Å². The molecule has 0 radical (unpaired) electrons. The molecule has 0 saturated heterocycles. The highest BCUT2D eigenvalue weighted by molar-refractivity contribution is 5.91. The molecule has 1 amide bonds. The summed E-state index contributed by atoms with van der Waals surface area (Å²) in [5.41, 5.74) is 2.34. The summed E-state index contributed by atoms with van der Waals surface area (Å²) in [4.78, 5) is 24.1. The van der Waals surface area contributed by atoms with Crippen LogP contribution in [0.5, 0.6) is 0 Å². The molecular formula is C20H21N3O3. The highest BCUT2D eigenvalue weighted by atomic mass is 16.3. The van der Waals surface area contributed by atoms with Crippen LogP contribution in [0.2, 0.25) is 0 Å². The SMILES string of the molecule is CCc1ccccc1NC(=O)CCCn1nc(-c2ccco2)ccc1=O. The van der Waals surface area contributed by atoms with Crippen LogP contribution >= 0.6 is 0 Å². The zero-order valence-electron chi connectivity index (χ0n) is 14.6. The molecule has 3 rings (SSSR count). The van der Waals surface area contributed by atoms with E-state index in [-0.39, 0.29) is 11.5 Å². The number of para-hydroxylation sites is 1. The quantitative estimate of drug-likeness (QED) is 0.707. The molecule has 0 unspecified atom stereocenters. The Morgan fingerprint density at radius 1 is 1.15 bits per heavy atom. The molecule has 26 heavy (non-hydrogen) atoms. The van der Waals surface area contributed by atoms with E-state index in [2.05, 4.69) is 17.3 Å². The Hall–Kier alpha value is -3.15. The van der Waals surface area contributed by atoms with Crippen molar-refractivity contribution in [1.29, 1.82) is 0 Å². The van der Waals surface area contributed by atoms with Gasteiger partial charge < -0.3 is 9.73 Å². The van der Waals surface area contributed by atoms with Crippen LogP contribution in [0, 0.1) is 0 Å². The molecule has 1 aromatic carbocycles. The lowest BCUT2D eigenvalue weighted by atomic mass is 10.1. The average Bonchev–Trinajstić information content (AvgIpc) is 3.18. The van der Waals surface area contributed by atoms with Gasteiger partial charge in [0.25, 0.3) is 5.56 Å². The summed E-state index contributed by atoms with van der Waals surface area (Å²) >= 11 is 0. The van der Waals surface area contributed by atoms with Crippen LogP contribution in [0.4, 0.5) is 5.69 Å². The number of aryl methyl sites for hydroxylation is 2. The first-order valence-corrected chi connectivity index (χ1v) is 8.67. The van der Waals surface area contributed by atoms with Gasteiger partial charge in [0.1, 0.15) is 5.69 Å². The van der Waals surface area contributed by atoms with Crippen molar-refractivity contribution in [3.05, 3.63) is 70.7 Å². The van der Waals surface area contributed by atoms with Gasteiger partial charge in [-0.3, -0.25) is 9.59 Å². The molecule has 0 fully saturated rings. The van der Waals surface area contributed by atoms with Gasteiger partial charge in [0.05, 0.1) is 6.26 Å². The number of hydrogen-bond acceptors (Lipinski definition) is 4. The highest BCUT2D eigenvalue weighted by Gasteiger charge is 2.08. The second-order valence-electron chi connectivity index (χ2n) is 5.92. The molecule has 134 valence electrons. The van der Waals surface area contributed by atoms with E-state index in [1.807, 2.05) is 24.3 Å². The number of aromatic nitrogens is 2. The second-order valence-corrected chi connectivity index (χ2v) is 5.92. The van der Waals surface area contributed by atoms with E-state index in [0.717, 1.165) is 17.7 Å². The molecule has 2 heterocycles. The standard InChI is InChI=1S/C20H21N3O3/c1-2-15-7-3-4-8-16(15)21-19(24)10-5-13-23-20(25)12-11-17(22-23)18-9-6-14-26-18/h3-4,6-9,11-12,14H,2,5,10,13H2,1H3,(H,21,24). The Morgan fingerprint density at radius 3 is 2.77 bits per heavy atom. The lowest BCUT2D eigenvalue weighted by Crippen LogP contribution is -2.23. The third-order valence-corrected chi connectivity index (χ3v) is 4.09. The van der Waals surface area contributed by atoms with Gasteiger partial charge >= 0.3 is 0 Å². The van der Waals surface area contributed by atoms with Crippen molar-refractivity contribution in [3.63, 3.8) is 0 Å². The minimum atomic E-state index is -0.197. The molecule has 1 N–H and O–H groups in total. The molecule has 0 atom stereocenters. The number of amides is 1. The maximum absolute atomic E-state index is 12.2. The minimum absolute atomic E-state index is 0.0684. The monoisotopic (exact) mass is 351 g/mol. The van der Waals surface area contributed by atoms with Crippen molar-refractivity contribution in [2.75, 3.05) is 5.32 Å². The van der Waals surface area contributed by atoms with Crippen molar-refractivity contribution < 1.29 is 9.21 Å². The Labute approximate surface area is 151 Å². The number of nitrogens with zero attached hydrogens (tertiary/aromatic N) is 2. The van der Waals surface area contributed by atoms with E-state index >= 15 is 0 Å². The second kappa shape index (κ2) is 8.29. The topological polar surface area (TPSA) is 77.1 Å². The Balaban J connectivity index is 1.58. The van der Waals surface area contributed by atoms with Gasteiger partial charge in [-0.05, 0) is 42.7 Å². The maximum atomic E-state index is 12.2. The zero-order chi connectivity index (χ0) is 18.4. The van der Waals surface area contributed by atoms with Crippen LogP contribution < -0.4 is 10.9 Å². The number of anilines is 1. The summed E-state index contributed by atoms with van der Waals surface area (Å²) < 4.78 is 6.67. The Bertz CT molecular complexity index is 929.